The van der Waals surface area contributed by atoms with E-state index in [1.54, 1.807) is 24.1 Å². The minimum atomic E-state index is -0.395. The molecule has 0 saturated heterocycles. The second kappa shape index (κ2) is 5.83. The van der Waals surface area contributed by atoms with E-state index in [-0.39, 0.29) is 17.7 Å². The topological polar surface area (TPSA) is 66.6 Å². The van der Waals surface area contributed by atoms with Crippen molar-refractivity contribution < 1.29 is 9.90 Å². The molecular formula is C16H24N2O2. The summed E-state index contributed by atoms with van der Waals surface area (Å²) >= 11 is 0. The highest BCUT2D eigenvalue weighted by Crippen LogP contribution is 2.40. The summed E-state index contributed by atoms with van der Waals surface area (Å²) in [6.07, 6.45) is 3.89. The number of carbonyl (C=O) groups is 1. The molecule has 4 nitrogen and oxygen atoms in total. The van der Waals surface area contributed by atoms with Crippen molar-refractivity contribution in [2.24, 2.45) is 11.1 Å². The first-order valence-electron chi connectivity index (χ1n) is 7.27. The molecule has 1 aromatic carbocycles. The molecule has 0 bridgehead atoms. The minimum Gasteiger partial charge on any atom is -0.508 e. The van der Waals surface area contributed by atoms with Crippen molar-refractivity contribution in [2.75, 3.05) is 13.6 Å². The number of hydrogen-bond acceptors (Lipinski definition) is 3. The Morgan fingerprint density at radius 3 is 2.55 bits per heavy atom. The third kappa shape index (κ3) is 2.52. The van der Waals surface area contributed by atoms with Gasteiger partial charge in [-0.3, -0.25) is 4.79 Å². The lowest BCUT2D eigenvalue weighted by Crippen LogP contribution is -2.45. The molecule has 3 N–H and O–H groups in total. The van der Waals surface area contributed by atoms with Crippen LogP contribution in [0.3, 0.4) is 0 Å². The van der Waals surface area contributed by atoms with E-state index in [1.165, 1.54) is 0 Å². The number of carbonyl (C=O) groups excluding carboxylic acids is 1. The second-order valence-electron chi connectivity index (χ2n) is 5.84. The quantitative estimate of drug-likeness (QED) is 0.887. The van der Waals surface area contributed by atoms with E-state index in [4.69, 9.17) is 5.73 Å². The van der Waals surface area contributed by atoms with Crippen molar-refractivity contribution in [1.82, 2.24) is 4.90 Å². The third-order valence-corrected chi connectivity index (χ3v) is 4.69. The molecule has 0 aromatic heterocycles. The summed E-state index contributed by atoms with van der Waals surface area (Å²) in [6, 6.07) is 7.00. The fourth-order valence-corrected chi connectivity index (χ4v) is 3.16. The molecule has 1 aromatic rings. The van der Waals surface area contributed by atoms with Crippen molar-refractivity contribution >= 4 is 5.91 Å². The van der Waals surface area contributed by atoms with Crippen LogP contribution in [0.15, 0.2) is 24.3 Å². The van der Waals surface area contributed by atoms with Crippen molar-refractivity contribution in [3.63, 3.8) is 0 Å². The molecule has 0 aliphatic heterocycles. The summed E-state index contributed by atoms with van der Waals surface area (Å²) in [5.41, 5.74) is 6.26. The molecule has 1 aliphatic carbocycles. The molecule has 20 heavy (non-hydrogen) atoms. The van der Waals surface area contributed by atoms with Gasteiger partial charge in [-0.05, 0) is 25.8 Å². The van der Waals surface area contributed by atoms with Crippen LogP contribution in [0.4, 0.5) is 0 Å². The van der Waals surface area contributed by atoms with Crippen LogP contribution in [-0.4, -0.2) is 29.5 Å². The summed E-state index contributed by atoms with van der Waals surface area (Å²) in [6.45, 7) is 2.34. The highest BCUT2D eigenvalue weighted by atomic mass is 16.3. The Hall–Kier alpha value is -1.55. The summed E-state index contributed by atoms with van der Waals surface area (Å²) in [4.78, 5) is 14.5. The number of benzene rings is 1. The number of phenols is 1. The second-order valence-corrected chi connectivity index (χ2v) is 5.84. The van der Waals surface area contributed by atoms with Crippen molar-refractivity contribution in [1.29, 1.82) is 0 Å². The zero-order valence-electron chi connectivity index (χ0n) is 12.3. The molecule has 1 aliphatic rings. The summed E-state index contributed by atoms with van der Waals surface area (Å²) < 4.78 is 0. The first kappa shape index (κ1) is 14.9. The molecule has 0 spiro atoms. The van der Waals surface area contributed by atoms with Gasteiger partial charge in [-0.1, -0.05) is 31.0 Å². The van der Waals surface area contributed by atoms with E-state index in [0.29, 0.717) is 6.54 Å². The van der Waals surface area contributed by atoms with Crippen LogP contribution in [0.5, 0.6) is 5.75 Å². The van der Waals surface area contributed by atoms with Gasteiger partial charge in [-0.25, -0.2) is 0 Å². The monoisotopic (exact) mass is 276 g/mol. The fourth-order valence-electron chi connectivity index (χ4n) is 3.16. The van der Waals surface area contributed by atoms with Crippen LogP contribution in [0, 0.1) is 5.41 Å². The van der Waals surface area contributed by atoms with Crippen LogP contribution in [0.1, 0.15) is 44.2 Å². The first-order chi connectivity index (χ1) is 9.52. The molecule has 110 valence electrons. The predicted octanol–water partition coefficient (Wildman–Crippen LogP) is 2.43. The Labute approximate surface area is 120 Å². The molecule has 2 rings (SSSR count). The normalized spacial score (nSPS) is 18.8. The molecule has 1 fully saturated rings. The zero-order valence-corrected chi connectivity index (χ0v) is 12.3. The van der Waals surface area contributed by atoms with Gasteiger partial charge in [0.2, 0.25) is 5.91 Å². The van der Waals surface area contributed by atoms with Gasteiger partial charge in [0.25, 0.3) is 0 Å². The lowest BCUT2D eigenvalue weighted by Gasteiger charge is -2.35. The summed E-state index contributed by atoms with van der Waals surface area (Å²) in [7, 11) is 1.80. The van der Waals surface area contributed by atoms with Crippen LogP contribution in [0.25, 0.3) is 0 Å². The van der Waals surface area contributed by atoms with E-state index in [9.17, 15) is 9.90 Å². The lowest BCUT2D eigenvalue weighted by atomic mass is 9.84. The molecule has 1 saturated carbocycles. The number of amides is 1. The van der Waals surface area contributed by atoms with Gasteiger partial charge in [-0.2, -0.15) is 0 Å². The van der Waals surface area contributed by atoms with Crippen molar-refractivity contribution in [2.45, 2.75) is 38.6 Å². The SMILES string of the molecule is CC(c1ccccc1O)N(C)C(=O)C1(CN)CCCC1. The standard InChI is InChI=1S/C16H24N2O2/c1-12(13-7-3-4-8-14(13)19)18(2)15(20)16(11-17)9-5-6-10-16/h3-4,7-8,12,19H,5-6,9-11,17H2,1-2H3. The third-order valence-electron chi connectivity index (χ3n) is 4.69. The molecular weight excluding hydrogens is 252 g/mol. The highest BCUT2D eigenvalue weighted by molar-refractivity contribution is 5.83. The van der Waals surface area contributed by atoms with Crippen LogP contribution in [0.2, 0.25) is 0 Å². The molecule has 1 atom stereocenters. The number of para-hydroxylation sites is 1. The van der Waals surface area contributed by atoms with Crippen molar-refractivity contribution in [3.8, 4) is 5.75 Å². The van der Waals surface area contributed by atoms with Gasteiger partial charge < -0.3 is 15.7 Å². The molecule has 1 unspecified atom stereocenters. The van der Waals surface area contributed by atoms with Gasteiger partial charge in [-0.15, -0.1) is 0 Å². The summed E-state index contributed by atoms with van der Waals surface area (Å²) in [5.74, 6) is 0.334. The smallest absolute Gasteiger partial charge is 0.230 e. The number of rotatable bonds is 4. The minimum absolute atomic E-state index is 0.105. The zero-order chi connectivity index (χ0) is 14.8. The average Bonchev–Trinajstić information content (AvgIpc) is 2.95. The maximum Gasteiger partial charge on any atom is 0.230 e. The Balaban J connectivity index is 2.20. The van der Waals surface area contributed by atoms with Gasteiger partial charge >= 0.3 is 0 Å². The summed E-state index contributed by atoms with van der Waals surface area (Å²) in [5, 5.41) is 9.94. The van der Waals surface area contributed by atoms with E-state index >= 15 is 0 Å². The maximum atomic E-state index is 12.8. The van der Waals surface area contributed by atoms with Crippen LogP contribution < -0.4 is 5.73 Å². The van der Waals surface area contributed by atoms with Gasteiger partial charge in [0.1, 0.15) is 5.75 Å². The molecule has 1 amide bonds. The maximum absolute atomic E-state index is 12.8. The molecule has 0 heterocycles. The Morgan fingerprint density at radius 1 is 1.40 bits per heavy atom. The lowest BCUT2D eigenvalue weighted by molar-refractivity contribution is -0.142. The Bertz CT molecular complexity index is 481. The molecule has 0 radical (unpaired) electrons. The highest BCUT2D eigenvalue weighted by Gasteiger charge is 2.42. The van der Waals surface area contributed by atoms with E-state index < -0.39 is 5.41 Å². The van der Waals surface area contributed by atoms with E-state index in [1.807, 2.05) is 19.1 Å². The number of phenolic OH excluding ortho intramolecular Hbond substituents is 1. The van der Waals surface area contributed by atoms with E-state index in [0.717, 1.165) is 31.2 Å². The first-order valence-corrected chi connectivity index (χ1v) is 7.27. The number of hydrogen-bond donors (Lipinski definition) is 2. The largest absolute Gasteiger partial charge is 0.508 e. The van der Waals surface area contributed by atoms with Crippen molar-refractivity contribution in [3.05, 3.63) is 29.8 Å². The van der Waals surface area contributed by atoms with Gasteiger partial charge in [0, 0.05) is 19.2 Å². The average molecular weight is 276 g/mol. The number of nitrogens with two attached hydrogens (primary N) is 1. The number of aromatic hydroxyl groups is 1. The van der Waals surface area contributed by atoms with E-state index in [2.05, 4.69) is 0 Å². The fraction of sp³-hybridized carbons (Fsp3) is 0.562. The number of nitrogens with zero attached hydrogens (tertiary/aromatic N) is 1. The molecule has 4 heteroatoms. The van der Waals surface area contributed by atoms with Crippen LogP contribution >= 0.6 is 0 Å². The Morgan fingerprint density at radius 2 is 2.00 bits per heavy atom. The van der Waals surface area contributed by atoms with Gasteiger partial charge in [0.05, 0.1) is 11.5 Å². The van der Waals surface area contributed by atoms with Gasteiger partial charge in [0.15, 0.2) is 0 Å². The van der Waals surface area contributed by atoms with Crippen LogP contribution in [-0.2, 0) is 4.79 Å². The predicted molar refractivity (Wildman–Crippen MR) is 79.2 cm³/mol. The Kier molecular flexibility index (Phi) is 4.33.